The fraction of sp³-hybridized carbons (Fsp3) is 0.440. The van der Waals surface area contributed by atoms with Crippen molar-refractivity contribution in [2.75, 3.05) is 0 Å². The Bertz CT molecular complexity index is 1140. The molecule has 158 valence electrons. The van der Waals surface area contributed by atoms with Crippen molar-refractivity contribution in [3.63, 3.8) is 0 Å². The third kappa shape index (κ3) is 2.92. The van der Waals surface area contributed by atoms with Crippen molar-refractivity contribution in [2.24, 2.45) is 17.3 Å². The molecule has 6 rings (SSSR count). The summed E-state index contributed by atoms with van der Waals surface area (Å²) in [4.78, 5) is 12.5. The second kappa shape index (κ2) is 7.01. The number of ketones is 1. The predicted molar refractivity (Wildman–Crippen MR) is 115 cm³/mol. The van der Waals surface area contributed by atoms with Crippen LogP contribution < -0.4 is 4.74 Å². The lowest BCUT2D eigenvalue weighted by atomic mass is 9.55. The lowest BCUT2D eigenvalue weighted by Gasteiger charge is -2.48. The van der Waals surface area contributed by atoms with E-state index in [1.54, 1.807) is 4.68 Å². The molecule has 0 unspecified atom stereocenters. The number of Topliss-reactive ketones (excluding diaryl/α,β-unsaturated/α-hetero) is 1. The van der Waals surface area contributed by atoms with Crippen molar-refractivity contribution < 1.29 is 9.53 Å². The number of hydrogen-bond donors (Lipinski definition) is 0. The molecule has 0 bridgehead atoms. The highest BCUT2D eigenvalue weighted by molar-refractivity contribution is 5.87. The van der Waals surface area contributed by atoms with Crippen molar-refractivity contribution in [3.8, 4) is 17.4 Å². The maximum atomic E-state index is 12.5. The summed E-state index contributed by atoms with van der Waals surface area (Å²) < 4.78 is 7.69. The van der Waals surface area contributed by atoms with Gasteiger partial charge in [0.1, 0.15) is 11.5 Å². The minimum Gasteiger partial charge on any atom is -0.423 e. The molecular weight excluding hydrogens is 388 g/mol. The lowest BCUT2D eigenvalue weighted by molar-refractivity contribution is -0.129. The van der Waals surface area contributed by atoms with Gasteiger partial charge in [-0.05, 0) is 95.7 Å². The summed E-state index contributed by atoms with van der Waals surface area (Å²) in [6.45, 7) is 2.23. The molecule has 6 nitrogen and oxygen atoms in total. The van der Waals surface area contributed by atoms with Gasteiger partial charge in [-0.25, -0.2) is 0 Å². The molecule has 2 aromatic carbocycles. The molecule has 6 heteroatoms. The summed E-state index contributed by atoms with van der Waals surface area (Å²) in [5, 5.41) is 11.9. The number of hydrogen-bond acceptors (Lipinski definition) is 5. The van der Waals surface area contributed by atoms with E-state index in [9.17, 15) is 4.79 Å². The second-order valence-electron chi connectivity index (χ2n) is 9.51. The van der Waals surface area contributed by atoms with E-state index < -0.39 is 0 Å². The van der Waals surface area contributed by atoms with Gasteiger partial charge < -0.3 is 4.74 Å². The number of nitrogens with zero attached hydrogens (tertiary/aromatic N) is 4. The monoisotopic (exact) mass is 414 g/mol. The fourth-order valence-electron chi connectivity index (χ4n) is 6.47. The van der Waals surface area contributed by atoms with Gasteiger partial charge in [0.2, 0.25) is 0 Å². The molecule has 0 aliphatic heterocycles. The predicted octanol–water partition coefficient (Wildman–Crippen LogP) is 4.88. The molecule has 3 aliphatic carbocycles. The number of ether oxygens (including phenoxy) is 1. The van der Waals surface area contributed by atoms with Crippen molar-refractivity contribution in [1.82, 2.24) is 20.2 Å². The first-order valence-electron chi connectivity index (χ1n) is 11.3. The molecule has 0 radical (unpaired) electrons. The van der Waals surface area contributed by atoms with Crippen LogP contribution >= 0.6 is 0 Å². The number of carbonyl (C=O) groups is 1. The summed E-state index contributed by atoms with van der Waals surface area (Å²) in [7, 11) is 0. The summed E-state index contributed by atoms with van der Waals surface area (Å²) in [6, 6.07) is 16.5. The average Bonchev–Trinajstić information content (AvgIpc) is 3.38. The quantitative estimate of drug-likeness (QED) is 0.611. The Morgan fingerprint density at radius 3 is 2.81 bits per heavy atom. The Morgan fingerprint density at radius 1 is 1.06 bits per heavy atom. The molecule has 0 saturated heterocycles. The van der Waals surface area contributed by atoms with E-state index >= 15 is 0 Å². The number of carbonyl (C=O) groups excluding carboxylic acids is 1. The van der Waals surface area contributed by atoms with Crippen LogP contribution in [0, 0.1) is 17.3 Å². The van der Waals surface area contributed by atoms with Gasteiger partial charge in [0.25, 0.3) is 0 Å². The second-order valence-corrected chi connectivity index (χ2v) is 9.51. The SMILES string of the molecule is C[C@]12CC[C@@H]3c4ccc(Oc5nnnn5-c5ccccc5)cc4CC[C@H]3[C@@H]1CCC2=O. The molecule has 2 saturated carbocycles. The third-order valence-corrected chi connectivity index (χ3v) is 8.06. The van der Waals surface area contributed by atoms with Crippen molar-refractivity contribution in [2.45, 2.75) is 51.4 Å². The minimum atomic E-state index is -0.0732. The number of aromatic nitrogens is 4. The zero-order valence-electron chi connectivity index (χ0n) is 17.7. The van der Waals surface area contributed by atoms with Gasteiger partial charge in [0.15, 0.2) is 0 Å². The Labute approximate surface area is 181 Å². The highest BCUT2D eigenvalue weighted by atomic mass is 16.5. The van der Waals surface area contributed by atoms with Crippen LogP contribution in [0.25, 0.3) is 5.69 Å². The molecule has 0 amide bonds. The number of aryl methyl sites for hydroxylation is 1. The van der Waals surface area contributed by atoms with Crippen LogP contribution in [0.2, 0.25) is 0 Å². The van der Waals surface area contributed by atoms with Gasteiger partial charge in [-0.3, -0.25) is 4.79 Å². The van der Waals surface area contributed by atoms with Crippen molar-refractivity contribution in [3.05, 3.63) is 59.7 Å². The summed E-state index contributed by atoms with van der Waals surface area (Å²) >= 11 is 0. The van der Waals surface area contributed by atoms with E-state index in [2.05, 4.69) is 34.6 Å². The van der Waals surface area contributed by atoms with Gasteiger partial charge in [0.05, 0.1) is 5.69 Å². The molecule has 2 fully saturated rings. The van der Waals surface area contributed by atoms with Crippen LogP contribution in [-0.4, -0.2) is 26.0 Å². The average molecular weight is 415 g/mol. The summed E-state index contributed by atoms with van der Waals surface area (Å²) in [6.07, 6.45) is 6.20. The Balaban J connectivity index is 1.27. The molecule has 31 heavy (non-hydrogen) atoms. The van der Waals surface area contributed by atoms with E-state index in [4.69, 9.17) is 4.74 Å². The van der Waals surface area contributed by atoms with Crippen LogP contribution in [0.15, 0.2) is 48.5 Å². The third-order valence-electron chi connectivity index (χ3n) is 8.06. The number of tetrazole rings is 1. The van der Waals surface area contributed by atoms with Gasteiger partial charge in [-0.2, -0.15) is 4.68 Å². The molecule has 0 N–H and O–H groups in total. The largest absolute Gasteiger partial charge is 0.423 e. The number of fused-ring (bicyclic) bond motifs is 5. The van der Waals surface area contributed by atoms with Gasteiger partial charge in [0, 0.05) is 11.8 Å². The number of benzene rings is 2. The molecule has 3 aliphatic rings. The van der Waals surface area contributed by atoms with E-state index in [1.807, 2.05) is 36.4 Å². The Morgan fingerprint density at radius 2 is 1.94 bits per heavy atom. The highest BCUT2D eigenvalue weighted by Gasteiger charge is 2.54. The zero-order valence-corrected chi connectivity index (χ0v) is 17.7. The zero-order chi connectivity index (χ0) is 21.0. The van der Waals surface area contributed by atoms with E-state index in [-0.39, 0.29) is 5.41 Å². The molecular formula is C25H26N4O2. The van der Waals surface area contributed by atoms with Crippen LogP contribution in [0.5, 0.6) is 11.8 Å². The van der Waals surface area contributed by atoms with Gasteiger partial charge in [-0.1, -0.05) is 36.3 Å². The van der Waals surface area contributed by atoms with E-state index in [0.717, 1.165) is 50.0 Å². The Kier molecular flexibility index (Phi) is 4.23. The molecule has 3 aromatic rings. The fourth-order valence-corrected chi connectivity index (χ4v) is 6.47. The van der Waals surface area contributed by atoms with Gasteiger partial charge in [-0.15, -0.1) is 0 Å². The molecule has 4 atom stereocenters. The van der Waals surface area contributed by atoms with Crippen LogP contribution in [0.3, 0.4) is 0 Å². The number of para-hydroxylation sites is 1. The topological polar surface area (TPSA) is 69.9 Å². The smallest absolute Gasteiger partial charge is 0.345 e. The van der Waals surface area contributed by atoms with E-state index in [1.165, 1.54) is 11.1 Å². The normalized spacial score (nSPS) is 29.2. The van der Waals surface area contributed by atoms with Crippen molar-refractivity contribution in [1.29, 1.82) is 0 Å². The summed E-state index contributed by atoms with van der Waals surface area (Å²) in [5.41, 5.74) is 3.61. The lowest BCUT2D eigenvalue weighted by Crippen LogP contribution is -2.42. The molecule has 1 heterocycles. The first-order chi connectivity index (χ1) is 15.1. The molecule has 1 aromatic heterocycles. The standard InChI is InChI=1S/C25H26N4O2/c1-25-14-13-20-19-10-8-18(15-16(19)7-9-21(20)22(25)11-12-23(25)30)31-24-26-27-28-29(24)17-5-3-2-4-6-17/h2-6,8,10,15,20-22H,7,9,11-14H2,1H3/t20-,21-,22+,25+/m1/s1. The van der Waals surface area contributed by atoms with Crippen molar-refractivity contribution >= 4 is 5.78 Å². The first-order valence-corrected chi connectivity index (χ1v) is 11.3. The maximum Gasteiger partial charge on any atom is 0.345 e. The molecule has 0 spiro atoms. The maximum absolute atomic E-state index is 12.5. The number of rotatable bonds is 3. The first kappa shape index (κ1) is 18.7. The minimum absolute atomic E-state index is 0.0732. The van der Waals surface area contributed by atoms with Crippen LogP contribution in [0.1, 0.15) is 56.1 Å². The highest BCUT2D eigenvalue weighted by Crippen LogP contribution is 2.59. The summed E-state index contributed by atoms with van der Waals surface area (Å²) in [5.74, 6) is 3.02. The van der Waals surface area contributed by atoms with Crippen LogP contribution in [-0.2, 0) is 11.2 Å². The van der Waals surface area contributed by atoms with Gasteiger partial charge >= 0.3 is 6.01 Å². The van der Waals surface area contributed by atoms with Crippen LogP contribution in [0.4, 0.5) is 0 Å². The Hall–Kier alpha value is -3.02. The van der Waals surface area contributed by atoms with E-state index in [0.29, 0.717) is 29.5 Å².